The summed E-state index contributed by atoms with van der Waals surface area (Å²) in [5.41, 5.74) is 3.62. The lowest BCUT2D eigenvalue weighted by molar-refractivity contribution is 0.0964. The number of hydrogen-bond acceptors (Lipinski definition) is 9. The van der Waals surface area contributed by atoms with Crippen LogP contribution in [-0.2, 0) is 14.1 Å². The summed E-state index contributed by atoms with van der Waals surface area (Å²) in [7, 11) is 3.69. The fourth-order valence-electron chi connectivity index (χ4n) is 4.82. The second-order valence-corrected chi connectivity index (χ2v) is 9.82. The Morgan fingerprint density at radius 2 is 2.00 bits per heavy atom. The normalized spacial score (nSPS) is 16.3. The number of pyridine rings is 1. The van der Waals surface area contributed by atoms with Crippen molar-refractivity contribution in [3.05, 3.63) is 42.1 Å². The molecule has 5 heterocycles. The summed E-state index contributed by atoms with van der Waals surface area (Å²) in [6, 6.07) is 2.48. The van der Waals surface area contributed by atoms with E-state index < -0.39 is 0 Å². The Hall–Kier alpha value is -3.86. The number of ketones is 1. The molecule has 0 saturated carbocycles. The molecule has 0 amide bonds. The summed E-state index contributed by atoms with van der Waals surface area (Å²) in [6.45, 7) is 6.30. The number of likely N-dealkylation sites (tertiary alicyclic amines) is 1. The quantitative estimate of drug-likeness (QED) is 0.326. The van der Waals surface area contributed by atoms with Gasteiger partial charge >= 0.3 is 0 Å². The average molecular weight is 503 g/mol. The maximum atomic E-state index is 13.0. The van der Waals surface area contributed by atoms with Gasteiger partial charge in [-0.25, -0.2) is 9.67 Å². The van der Waals surface area contributed by atoms with E-state index in [1.54, 1.807) is 28.0 Å². The molecule has 1 fully saturated rings. The third kappa shape index (κ3) is 5.61. The highest BCUT2D eigenvalue weighted by molar-refractivity contribution is 5.97. The first-order valence-corrected chi connectivity index (χ1v) is 12.8. The number of aromatic nitrogens is 7. The monoisotopic (exact) mass is 502 g/mol. The van der Waals surface area contributed by atoms with Gasteiger partial charge in [0.25, 0.3) is 0 Å². The van der Waals surface area contributed by atoms with E-state index in [-0.39, 0.29) is 5.78 Å². The van der Waals surface area contributed by atoms with Crippen LogP contribution in [-0.4, -0.2) is 64.3 Å². The molecule has 194 valence electrons. The molecule has 0 aliphatic carbocycles. The fourth-order valence-corrected chi connectivity index (χ4v) is 4.82. The van der Waals surface area contributed by atoms with Crippen molar-refractivity contribution >= 4 is 40.0 Å². The van der Waals surface area contributed by atoms with E-state index in [0.717, 1.165) is 42.0 Å². The molecule has 0 aromatic carbocycles. The van der Waals surface area contributed by atoms with Crippen LogP contribution in [0.4, 0.5) is 23.1 Å². The first kappa shape index (κ1) is 24.8. The van der Waals surface area contributed by atoms with Crippen LogP contribution in [0.5, 0.6) is 0 Å². The van der Waals surface area contributed by atoms with Crippen molar-refractivity contribution in [2.75, 3.05) is 23.7 Å². The molecule has 1 aliphatic heterocycles. The molecule has 0 spiro atoms. The fraction of sp³-hybridized carbons (Fsp3) is 0.462. The lowest BCUT2D eigenvalue weighted by Gasteiger charge is -2.33. The number of piperidine rings is 1. The Kier molecular flexibility index (Phi) is 7.13. The van der Waals surface area contributed by atoms with E-state index in [1.807, 2.05) is 33.3 Å². The number of anilines is 4. The van der Waals surface area contributed by atoms with Crippen molar-refractivity contribution < 1.29 is 4.79 Å². The number of nitrogens with one attached hydrogen (secondary N) is 2. The van der Waals surface area contributed by atoms with Crippen LogP contribution in [0.25, 0.3) is 11.0 Å². The molecule has 11 nitrogen and oxygen atoms in total. The van der Waals surface area contributed by atoms with Gasteiger partial charge in [0.2, 0.25) is 5.95 Å². The first-order valence-electron chi connectivity index (χ1n) is 12.8. The number of Topliss-reactive ketones (excluding diaryl/α,β-unsaturated/α-hetero) is 1. The van der Waals surface area contributed by atoms with E-state index >= 15 is 0 Å². The van der Waals surface area contributed by atoms with Crippen LogP contribution in [0.15, 0.2) is 30.9 Å². The number of rotatable bonds is 9. The molecule has 1 aliphatic rings. The van der Waals surface area contributed by atoms with Gasteiger partial charge in [0.15, 0.2) is 17.2 Å². The molecule has 1 atom stereocenters. The minimum Gasteiger partial charge on any atom is -0.337 e. The highest BCUT2D eigenvalue weighted by Crippen LogP contribution is 2.27. The predicted octanol–water partition coefficient (Wildman–Crippen LogP) is 4.12. The van der Waals surface area contributed by atoms with Gasteiger partial charge in [-0.05, 0) is 52.3 Å². The molecule has 0 unspecified atom stereocenters. The second kappa shape index (κ2) is 10.6. The standard InChI is InChI=1S/C26H34N10O/c1-17-8-5-6-10-36(17)11-7-9-23(37)19-12-22(18(2)27-13-19)31-24-21-15-28-26(32-25(21)35(4)33-24)30-20-14-29-34(3)16-20/h12-17H,5-11H2,1-4H3,(H,31,33)(H,28,30,32)/t17-/m1/s1. The van der Waals surface area contributed by atoms with Crippen molar-refractivity contribution in [2.24, 2.45) is 14.1 Å². The van der Waals surface area contributed by atoms with Crippen molar-refractivity contribution in [3.8, 4) is 0 Å². The van der Waals surface area contributed by atoms with Crippen molar-refractivity contribution in [1.82, 2.24) is 39.4 Å². The van der Waals surface area contributed by atoms with E-state index in [4.69, 9.17) is 0 Å². The zero-order valence-electron chi connectivity index (χ0n) is 21.9. The summed E-state index contributed by atoms with van der Waals surface area (Å²) in [5.74, 6) is 1.18. The number of fused-ring (bicyclic) bond motifs is 1. The van der Waals surface area contributed by atoms with Gasteiger partial charge in [-0.1, -0.05) is 6.42 Å². The van der Waals surface area contributed by atoms with Crippen molar-refractivity contribution in [3.63, 3.8) is 0 Å². The van der Waals surface area contributed by atoms with Crippen LogP contribution >= 0.6 is 0 Å². The topological polar surface area (TPSA) is 119 Å². The molecule has 1 saturated heterocycles. The maximum Gasteiger partial charge on any atom is 0.229 e. The SMILES string of the molecule is Cc1ncc(C(=O)CCCN2CCCC[C@H]2C)cc1Nc1nn(C)c2nc(Nc3cnn(C)c3)ncc12. The summed E-state index contributed by atoms with van der Waals surface area (Å²) in [5, 5.41) is 16.0. The molecule has 4 aromatic heterocycles. The molecule has 0 bridgehead atoms. The van der Waals surface area contributed by atoms with Gasteiger partial charge in [-0.2, -0.15) is 15.2 Å². The van der Waals surface area contributed by atoms with Crippen LogP contribution in [0, 0.1) is 6.92 Å². The predicted molar refractivity (Wildman–Crippen MR) is 144 cm³/mol. The Bertz CT molecular complexity index is 1410. The Morgan fingerprint density at radius 3 is 2.78 bits per heavy atom. The Morgan fingerprint density at radius 1 is 1.14 bits per heavy atom. The summed E-state index contributed by atoms with van der Waals surface area (Å²) in [6.07, 6.45) is 12.1. The lowest BCUT2D eigenvalue weighted by Crippen LogP contribution is -2.38. The van der Waals surface area contributed by atoms with Gasteiger partial charge in [-0.15, -0.1) is 0 Å². The minimum absolute atomic E-state index is 0.112. The number of carbonyl (C=O) groups is 1. The van der Waals surface area contributed by atoms with Crippen LogP contribution in [0.2, 0.25) is 0 Å². The van der Waals surface area contributed by atoms with Gasteiger partial charge in [0.1, 0.15) is 0 Å². The lowest BCUT2D eigenvalue weighted by atomic mass is 10.0. The third-order valence-corrected chi connectivity index (χ3v) is 6.99. The molecule has 0 radical (unpaired) electrons. The Labute approximate surface area is 216 Å². The largest absolute Gasteiger partial charge is 0.337 e. The summed E-state index contributed by atoms with van der Waals surface area (Å²) in [4.78, 5) is 29.0. The molecular formula is C26H34N10O. The first-order chi connectivity index (χ1) is 17.9. The van der Waals surface area contributed by atoms with E-state index in [2.05, 4.69) is 47.6 Å². The molecular weight excluding hydrogens is 468 g/mol. The van der Waals surface area contributed by atoms with Crippen LogP contribution in [0.3, 0.4) is 0 Å². The molecule has 2 N–H and O–H groups in total. The smallest absolute Gasteiger partial charge is 0.229 e. The maximum absolute atomic E-state index is 13.0. The summed E-state index contributed by atoms with van der Waals surface area (Å²) >= 11 is 0. The molecule has 37 heavy (non-hydrogen) atoms. The highest BCUT2D eigenvalue weighted by atomic mass is 16.1. The van der Waals surface area contributed by atoms with Gasteiger partial charge in [0.05, 0.1) is 28.7 Å². The third-order valence-electron chi connectivity index (χ3n) is 6.99. The zero-order valence-corrected chi connectivity index (χ0v) is 21.9. The van der Waals surface area contributed by atoms with E-state index in [9.17, 15) is 4.79 Å². The second-order valence-electron chi connectivity index (χ2n) is 9.82. The van der Waals surface area contributed by atoms with Gasteiger partial charge in [-0.3, -0.25) is 14.5 Å². The number of carbonyl (C=O) groups excluding carboxylic acids is 1. The minimum atomic E-state index is 0.112. The number of aryl methyl sites for hydroxylation is 3. The average Bonchev–Trinajstić information content (AvgIpc) is 3.43. The Balaban J connectivity index is 1.28. The zero-order chi connectivity index (χ0) is 25.9. The van der Waals surface area contributed by atoms with E-state index in [1.165, 1.54) is 19.3 Å². The summed E-state index contributed by atoms with van der Waals surface area (Å²) < 4.78 is 3.41. The van der Waals surface area contributed by atoms with Crippen molar-refractivity contribution in [2.45, 2.75) is 52.0 Å². The molecule has 4 aromatic rings. The molecule has 11 heteroatoms. The van der Waals surface area contributed by atoms with Crippen LogP contribution < -0.4 is 10.6 Å². The number of nitrogens with zero attached hydrogens (tertiary/aromatic N) is 8. The van der Waals surface area contributed by atoms with Crippen LogP contribution in [0.1, 0.15) is 55.1 Å². The van der Waals surface area contributed by atoms with E-state index in [0.29, 0.717) is 35.4 Å². The highest BCUT2D eigenvalue weighted by Gasteiger charge is 2.19. The van der Waals surface area contributed by atoms with Crippen molar-refractivity contribution in [1.29, 1.82) is 0 Å². The van der Waals surface area contributed by atoms with Gasteiger partial charge in [0, 0.05) is 50.7 Å². The number of hydrogen-bond donors (Lipinski definition) is 2. The van der Waals surface area contributed by atoms with Gasteiger partial charge < -0.3 is 15.5 Å². The molecule has 5 rings (SSSR count).